The lowest BCUT2D eigenvalue weighted by Gasteiger charge is -2.09. The quantitative estimate of drug-likeness (QED) is 0.334. The lowest BCUT2D eigenvalue weighted by atomic mass is 10.0. The van der Waals surface area contributed by atoms with E-state index in [9.17, 15) is 0 Å². The van der Waals surface area contributed by atoms with Gasteiger partial charge in [-0.15, -0.1) is 0 Å². The molecule has 0 amide bonds. The van der Waals surface area contributed by atoms with Crippen molar-refractivity contribution in [2.45, 2.75) is 13.8 Å². The summed E-state index contributed by atoms with van der Waals surface area (Å²) in [6.07, 6.45) is 0. The predicted octanol–water partition coefficient (Wildman–Crippen LogP) is 5.46. The van der Waals surface area contributed by atoms with E-state index in [4.69, 9.17) is 17.0 Å². The largest absolute Gasteiger partial charge is 0.494 e. The number of anilines is 1. The first-order valence-electron chi connectivity index (χ1n) is 9.15. The summed E-state index contributed by atoms with van der Waals surface area (Å²) in [5.41, 5.74) is 8.04. The first-order valence-corrected chi connectivity index (χ1v) is 9.56. The van der Waals surface area contributed by atoms with Crippen LogP contribution in [0.2, 0.25) is 0 Å². The fourth-order valence-corrected chi connectivity index (χ4v) is 2.86. The second-order valence-corrected chi connectivity index (χ2v) is 6.57. The van der Waals surface area contributed by atoms with Crippen LogP contribution in [0.25, 0.3) is 11.1 Å². The Kier molecular flexibility index (Phi) is 6.76. The molecule has 0 saturated heterocycles. The van der Waals surface area contributed by atoms with E-state index in [1.54, 1.807) is 0 Å². The van der Waals surface area contributed by atoms with Crippen LogP contribution in [0.3, 0.4) is 0 Å². The van der Waals surface area contributed by atoms with Crippen LogP contribution in [0.1, 0.15) is 19.4 Å². The Morgan fingerprint density at radius 3 is 2.18 bits per heavy atom. The molecule has 0 aliphatic carbocycles. The minimum absolute atomic E-state index is 0.435. The second kappa shape index (κ2) is 9.67. The summed E-state index contributed by atoms with van der Waals surface area (Å²) in [5.74, 6) is 0.833. The molecule has 0 fully saturated rings. The van der Waals surface area contributed by atoms with Gasteiger partial charge in [0.15, 0.2) is 5.11 Å². The SMILES string of the molecule is CCOc1ccc(NC(=S)N/N=C(/C)c2ccc(-c3ccccc3)cc2)cc1. The number of hydrazone groups is 1. The van der Waals surface area contributed by atoms with E-state index in [0.29, 0.717) is 11.7 Å². The van der Waals surface area contributed by atoms with Crippen molar-refractivity contribution < 1.29 is 4.74 Å². The minimum Gasteiger partial charge on any atom is -0.494 e. The first-order chi connectivity index (χ1) is 13.7. The van der Waals surface area contributed by atoms with Crippen LogP contribution in [0.15, 0.2) is 84.0 Å². The standard InChI is InChI=1S/C23H23N3OS/c1-3-27-22-15-13-21(14-16-22)24-23(28)26-25-17(2)18-9-11-20(12-10-18)19-7-5-4-6-8-19/h4-16H,3H2,1-2H3,(H2,24,26,28)/b25-17-. The highest BCUT2D eigenvalue weighted by molar-refractivity contribution is 7.80. The van der Waals surface area contributed by atoms with E-state index in [1.807, 2.05) is 56.3 Å². The molecule has 0 bridgehead atoms. The van der Waals surface area contributed by atoms with Gasteiger partial charge in [0.25, 0.3) is 0 Å². The molecule has 0 aliphatic rings. The fourth-order valence-electron chi connectivity index (χ4n) is 2.69. The third kappa shape index (κ3) is 5.41. The number of thiocarbonyl (C=S) groups is 1. The molecular weight excluding hydrogens is 366 g/mol. The van der Waals surface area contributed by atoms with Crippen molar-refractivity contribution in [2.75, 3.05) is 11.9 Å². The second-order valence-electron chi connectivity index (χ2n) is 6.16. The Hall–Kier alpha value is -3.18. The summed E-state index contributed by atoms with van der Waals surface area (Å²) in [5, 5.41) is 7.92. The molecule has 0 aliphatic heterocycles. The van der Waals surface area contributed by atoms with Gasteiger partial charge in [-0.05, 0) is 67.0 Å². The number of ether oxygens (including phenoxy) is 1. The van der Waals surface area contributed by atoms with E-state index in [1.165, 1.54) is 11.1 Å². The van der Waals surface area contributed by atoms with Crippen molar-refractivity contribution in [3.05, 3.63) is 84.4 Å². The van der Waals surface area contributed by atoms with Crippen LogP contribution in [-0.2, 0) is 0 Å². The van der Waals surface area contributed by atoms with Crippen LogP contribution in [0.5, 0.6) is 5.75 Å². The molecule has 4 nitrogen and oxygen atoms in total. The molecular formula is C23H23N3OS. The number of hydrogen-bond acceptors (Lipinski definition) is 3. The van der Waals surface area contributed by atoms with Crippen molar-refractivity contribution in [3.63, 3.8) is 0 Å². The van der Waals surface area contributed by atoms with Crippen LogP contribution in [0, 0.1) is 0 Å². The third-order valence-corrected chi connectivity index (χ3v) is 4.35. The number of benzene rings is 3. The lowest BCUT2D eigenvalue weighted by Crippen LogP contribution is -2.24. The van der Waals surface area contributed by atoms with E-state index in [-0.39, 0.29) is 0 Å². The summed E-state index contributed by atoms with van der Waals surface area (Å²) in [6.45, 7) is 4.55. The number of rotatable bonds is 6. The summed E-state index contributed by atoms with van der Waals surface area (Å²) in [7, 11) is 0. The lowest BCUT2D eigenvalue weighted by molar-refractivity contribution is 0.340. The van der Waals surface area contributed by atoms with Crippen molar-refractivity contribution in [3.8, 4) is 16.9 Å². The highest BCUT2D eigenvalue weighted by Gasteiger charge is 2.02. The molecule has 0 unspecified atom stereocenters. The van der Waals surface area contributed by atoms with Crippen molar-refractivity contribution in [1.29, 1.82) is 0 Å². The highest BCUT2D eigenvalue weighted by Crippen LogP contribution is 2.19. The summed E-state index contributed by atoms with van der Waals surface area (Å²) < 4.78 is 5.43. The maximum atomic E-state index is 5.43. The monoisotopic (exact) mass is 389 g/mol. The molecule has 0 heterocycles. The van der Waals surface area contributed by atoms with Gasteiger partial charge < -0.3 is 10.1 Å². The molecule has 0 radical (unpaired) electrons. The molecule has 28 heavy (non-hydrogen) atoms. The summed E-state index contributed by atoms with van der Waals surface area (Å²) >= 11 is 5.31. The van der Waals surface area contributed by atoms with Gasteiger partial charge in [-0.3, -0.25) is 5.43 Å². The summed E-state index contributed by atoms with van der Waals surface area (Å²) in [6, 6.07) is 26.2. The number of nitrogens with zero attached hydrogens (tertiary/aromatic N) is 1. The minimum atomic E-state index is 0.435. The van der Waals surface area contributed by atoms with Gasteiger partial charge >= 0.3 is 0 Å². The van der Waals surface area contributed by atoms with Crippen LogP contribution < -0.4 is 15.5 Å². The molecule has 3 aromatic carbocycles. The van der Waals surface area contributed by atoms with Gasteiger partial charge in [-0.25, -0.2) is 0 Å². The van der Waals surface area contributed by atoms with Crippen LogP contribution in [-0.4, -0.2) is 17.4 Å². The molecule has 0 aromatic heterocycles. The normalized spacial score (nSPS) is 11.0. The fraction of sp³-hybridized carbons (Fsp3) is 0.130. The highest BCUT2D eigenvalue weighted by atomic mass is 32.1. The molecule has 3 aromatic rings. The van der Waals surface area contributed by atoms with Gasteiger partial charge in [0.1, 0.15) is 5.75 Å². The smallest absolute Gasteiger partial charge is 0.191 e. The van der Waals surface area contributed by atoms with E-state index in [2.05, 4.69) is 52.2 Å². The Labute approximate surface area is 171 Å². The molecule has 2 N–H and O–H groups in total. The van der Waals surface area contributed by atoms with Gasteiger partial charge in [0.05, 0.1) is 12.3 Å². The Bertz CT molecular complexity index is 936. The van der Waals surface area contributed by atoms with Gasteiger partial charge in [-0.1, -0.05) is 54.6 Å². The predicted molar refractivity (Wildman–Crippen MR) is 121 cm³/mol. The van der Waals surface area contributed by atoms with E-state index >= 15 is 0 Å². The number of nitrogens with one attached hydrogen (secondary N) is 2. The molecule has 5 heteroatoms. The summed E-state index contributed by atoms with van der Waals surface area (Å²) in [4.78, 5) is 0. The average Bonchev–Trinajstić information content (AvgIpc) is 2.74. The zero-order valence-corrected chi connectivity index (χ0v) is 16.8. The zero-order chi connectivity index (χ0) is 19.8. The maximum absolute atomic E-state index is 5.43. The third-order valence-electron chi connectivity index (χ3n) is 4.16. The van der Waals surface area contributed by atoms with Crippen molar-refractivity contribution >= 4 is 28.7 Å². The van der Waals surface area contributed by atoms with E-state index in [0.717, 1.165) is 22.7 Å². The Morgan fingerprint density at radius 2 is 1.54 bits per heavy atom. The van der Waals surface area contributed by atoms with Crippen molar-refractivity contribution in [1.82, 2.24) is 5.43 Å². The molecule has 3 rings (SSSR count). The van der Waals surface area contributed by atoms with Gasteiger partial charge in [-0.2, -0.15) is 5.10 Å². The van der Waals surface area contributed by atoms with E-state index < -0.39 is 0 Å². The average molecular weight is 390 g/mol. The van der Waals surface area contributed by atoms with Gasteiger partial charge in [0.2, 0.25) is 0 Å². The van der Waals surface area contributed by atoms with Gasteiger partial charge in [0, 0.05) is 5.69 Å². The zero-order valence-electron chi connectivity index (χ0n) is 16.0. The number of hydrogen-bond donors (Lipinski definition) is 2. The topological polar surface area (TPSA) is 45.6 Å². The Morgan fingerprint density at radius 1 is 0.893 bits per heavy atom. The first kappa shape index (κ1) is 19.6. The molecule has 142 valence electrons. The van der Waals surface area contributed by atoms with Crippen molar-refractivity contribution in [2.24, 2.45) is 5.10 Å². The molecule has 0 saturated carbocycles. The van der Waals surface area contributed by atoms with Crippen LogP contribution >= 0.6 is 12.2 Å². The maximum Gasteiger partial charge on any atom is 0.191 e. The molecule has 0 spiro atoms. The molecule has 0 atom stereocenters. The Balaban J connectivity index is 1.58. The van der Waals surface area contributed by atoms with Crippen LogP contribution in [0.4, 0.5) is 5.69 Å².